The van der Waals surface area contributed by atoms with Gasteiger partial charge in [0, 0.05) is 29.2 Å². The molecule has 2 nitrogen and oxygen atoms in total. The van der Waals surface area contributed by atoms with Crippen LogP contribution < -0.4 is 5.32 Å². The summed E-state index contributed by atoms with van der Waals surface area (Å²) in [6, 6.07) is 7.32. The highest BCUT2D eigenvalue weighted by atomic mass is 32.2. The zero-order valence-corrected chi connectivity index (χ0v) is 11.7. The van der Waals surface area contributed by atoms with E-state index in [4.69, 9.17) is 0 Å². The number of anilines is 1. The van der Waals surface area contributed by atoms with Crippen LogP contribution in [0.1, 0.15) is 13.3 Å². The average Bonchev–Trinajstić information content (AvgIpc) is 2.59. The second kappa shape index (κ2) is 5.63. The van der Waals surface area contributed by atoms with E-state index in [1.165, 1.54) is 12.1 Å². The number of thioether (sulfide) groups is 1. The minimum absolute atomic E-state index is 0.0830. The summed E-state index contributed by atoms with van der Waals surface area (Å²) in [7, 11) is 2.08. The van der Waals surface area contributed by atoms with E-state index in [1.54, 1.807) is 12.1 Å². The van der Waals surface area contributed by atoms with Crippen molar-refractivity contribution in [2.24, 2.45) is 0 Å². The summed E-state index contributed by atoms with van der Waals surface area (Å²) >= 11 is -0.0830. The van der Waals surface area contributed by atoms with Gasteiger partial charge in [0.05, 0.1) is 0 Å². The minimum Gasteiger partial charge on any atom is -0.381 e. The zero-order valence-electron chi connectivity index (χ0n) is 10.9. The lowest BCUT2D eigenvalue weighted by atomic mass is 10.2. The average molecular weight is 290 g/mol. The first-order valence-corrected chi connectivity index (χ1v) is 6.98. The Hall–Kier alpha value is -0.880. The number of hydrogen-bond acceptors (Lipinski definition) is 3. The molecule has 1 aliphatic heterocycles. The van der Waals surface area contributed by atoms with Crippen molar-refractivity contribution in [3.8, 4) is 0 Å². The van der Waals surface area contributed by atoms with Crippen LogP contribution in [0.25, 0.3) is 0 Å². The highest BCUT2D eigenvalue weighted by molar-refractivity contribution is 8.00. The van der Waals surface area contributed by atoms with Gasteiger partial charge in [-0.3, -0.25) is 0 Å². The van der Waals surface area contributed by atoms with E-state index < -0.39 is 5.51 Å². The fourth-order valence-electron chi connectivity index (χ4n) is 2.29. The van der Waals surface area contributed by atoms with Crippen LogP contribution in [-0.2, 0) is 0 Å². The quantitative estimate of drug-likeness (QED) is 0.852. The van der Waals surface area contributed by atoms with Gasteiger partial charge in [-0.25, -0.2) is 0 Å². The van der Waals surface area contributed by atoms with Crippen molar-refractivity contribution in [3.63, 3.8) is 0 Å². The SMILES string of the molecule is CC1CC(Nc2ccc(SC(F)(F)F)cc2)CN1C. The minimum atomic E-state index is -4.22. The van der Waals surface area contributed by atoms with Crippen LogP contribution in [0.3, 0.4) is 0 Å². The zero-order chi connectivity index (χ0) is 14.0. The predicted octanol–water partition coefficient (Wildman–Crippen LogP) is 3.80. The van der Waals surface area contributed by atoms with Gasteiger partial charge in [0.15, 0.2) is 0 Å². The Morgan fingerprint density at radius 1 is 1.26 bits per heavy atom. The molecule has 0 radical (unpaired) electrons. The number of hydrogen-bond donors (Lipinski definition) is 1. The van der Waals surface area contributed by atoms with Gasteiger partial charge in [0.2, 0.25) is 0 Å². The maximum atomic E-state index is 12.2. The van der Waals surface area contributed by atoms with Crippen molar-refractivity contribution in [1.82, 2.24) is 4.90 Å². The van der Waals surface area contributed by atoms with E-state index >= 15 is 0 Å². The van der Waals surface area contributed by atoms with Crippen LogP contribution in [-0.4, -0.2) is 36.1 Å². The smallest absolute Gasteiger partial charge is 0.381 e. The molecule has 1 fully saturated rings. The first-order chi connectivity index (χ1) is 8.83. The van der Waals surface area contributed by atoms with Crippen LogP contribution in [0.5, 0.6) is 0 Å². The van der Waals surface area contributed by atoms with Gasteiger partial charge >= 0.3 is 5.51 Å². The molecule has 0 bridgehead atoms. The lowest BCUT2D eigenvalue weighted by Crippen LogP contribution is -2.24. The molecule has 2 rings (SSSR count). The molecule has 6 heteroatoms. The van der Waals surface area contributed by atoms with Crippen molar-refractivity contribution in [1.29, 1.82) is 0 Å². The number of likely N-dealkylation sites (tertiary alicyclic amines) is 1. The molecule has 0 amide bonds. The fraction of sp³-hybridized carbons (Fsp3) is 0.538. The summed E-state index contributed by atoms with van der Waals surface area (Å²) in [6.45, 7) is 3.13. The topological polar surface area (TPSA) is 15.3 Å². The summed E-state index contributed by atoms with van der Waals surface area (Å²) in [5, 5.41) is 3.36. The van der Waals surface area contributed by atoms with Gasteiger partial charge in [0.1, 0.15) is 0 Å². The Bertz CT molecular complexity index is 409. The molecule has 1 heterocycles. The maximum Gasteiger partial charge on any atom is 0.446 e. The Balaban J connectivity index is 1.92. The highest BCUT2D eigenvalue weighted by Gasteiger charge is 2.29. The molecule has 2 atom stereocenters. The fourth-order valence-corrected chi connectivity index (χ4v) is 2.83. The van der Waals surface area contributed by atoms with E-state index in [1.807, 2.05) is 0 Å². The van der Waals surface area contributed by atoms with Gasteiger partial charge in [-0.2, -0.15) is 13.2 Å². The number of benzene rings is 1. The van der Waals surface area contributed by atoms with Crippen LogP contribution >= 0.6 is 11.8 Å². The van der Waals surface area contributed by atoms with Gasteiger partial charge in [0.25, 0.3) is 0 Å². The number of nitrogens with zero attached hydrogens (tertiary/aromatic N) is 1. The van der Waals surface area contributed by atoms with Crippen molar-refractivity contribution in [2.75, 3.05) is 18.9 Å². The van der Waals surface area contributed by atoms with Gasteiger partial charge < -0.3 is 10.2 Å². The number of likely N-dealkylation sites (N-methyl/N-ethyl adjacent to an activating group) is 1. The van der Waals surface area contributed by atoms with Crippen molar-refractivity contribution in [2.45, 2.75) is 35.8 Å². The van der Waals surface area contributed by atoms with E-state index in [-0.39, 0.29) is 16.7 Å². The van der Waals surface area contributed by atoms with Crippen LogP contribution in [0.4, 0.5) is 18.9 Å². The summed E-state index contributed by atoms with van der Waals surface area (Å²) in [5.74, 6) is 0. The summed E-state index contributed by atoms with van der Waals surface area (Å²) in [4.78, 5) is 2.49. The molecule has 2 unspecified atom stereocenters. The van der Waals surface area contributed by atoms with Crippen LogP contribution in [0, 0.1) is 0 Å². The molecule has 1 aromatic carbocycles. The number of rotatable bonds is 3. The lowest BCUT2D eigenvalue weighted by Gasteiger charge is -2.14. The third-order valence-electron chi connectivity index (χ3n) is 3.35. The summed E-state index contributed by atoms with van der Waals surface area (Å²) in [6.07, 6.45) is 1.05. The molecule has 1 aliphatic rings. The molecule has 1 saturated heterocycles. The third-order valence-corrected chi connectivity index (χ3v) is 4.08. The second-order valence-electron chi connectivity index (χ2n) is 4.94. The second-order valence-corrected chi connectivity index (χ2v) is 6.08. The first kappa shape index (κ1) is 14.5. The third kappa shape index (κ3) is 4.31. The van der Waals surface area contributed by atoms with Gasteiger partial charge in [-0.15, -0.1) is 0 Å². The number of nitrogens with one attached hydrogen (secondary N) is 1. The molecule has 0 aromatic heterocycles. The Morgan fingerprint density at radius 2 is 1.89 bits per heavy atom. The van der Waals surface area contributed by atoms with Gasteiger partial charge in [-0.1, -0.05) is 0 Å². The van der Waals surface area contributed by atoms with E-state index in [2.05, 4.69) is 24.2 Å². The number of halogens is 3. The molecule has 1 N–H and O–H groups in total. The standard InChI is InChI=1S/C13H17F3N2S/c1-9-7-11(8-18(9)2)17-10-3-5-12(6-4-10)19-13(14,15)16/h3-6,9,11,17H,7-8H2,1-2H3. The van der Waals surface area contributed by atoms with E-state index in [0.29, 0.717) is 12.1 Å². The van der Waals surface area contributed by atoms with Crippen LogP contribution in [0.2, 0.25) is 0 Å². The molecule has 0 aliphatic carbocycles. The van der Waals surface area contributed by atoms with Crippen LogP contribution in [0.15, 0.2) is 29.2 Å². The summed E-state index contributed by atoms with van der Waals surface area (Å²) in [5.41, 5.74) is -3.35. The lowest BCUT2D eigenvalue weighted by molar-refractivity contribution is -0.0328. The molecule has 106 valence electrons. The van der Waals surface area contributed by atoms with Crippen molar-refractivity contribution in [3.05, 3.63) is 24.3 Å². The van der Waals surface area contributed by atoms with E-state index in [9.17, 15) is 13.2 Å². The summed E-state index contributed by atoms with van der Waals surface area (Å²) < 4.78 is 36.6. The largest absolute Gasteiger partial charge is 0.446 e. The molecule has 0 spiro atoms. The predicted molar refractivity (Wildman–Crippen MR) is 72.5 cm³/mol. The normalized spacial score (nSPS) is 24.7. The van der Waals surface area contributed by atoms with Crippen molar-refractivity contribution < 1.29 is 13.2 Å². The Labute approximate surface area is 115 Å². The monoisotopic (exact) mass is 290 g/mol. The highest BCUT2D eigenvalue weighted by Crippen LogP contribution is 2.37. The van der Waals surface area contributed by atoms with Crippen molar-refractivity contribution >= 4 is 17.4 Å². The van der Waals surface area contributed by atoms with Gasteiger partial charge in [-0.05, 0) is 56.4 Å². The molecule has 19 heavy (non-hydrogen) atoms. The Morgan fingerprint density at radius 3 is 2.37 bits per heavy atom. The molecular formula is C13H17F3N2S. The molecule has 1 aromatic rings. The first-order valence-electron chi connectivity index (χ1n) is 6.16. The molecule has 0 saturated carbocycles. The number of alkyl halides is 3. The molecular weight excluding hydrogens is 273 g/mol. The maximum absolute atomic E-state index is 12.2. The van der Waals surface area contributed by atoms with E-state index in [0.717, 1.165) is 18.7 Å². The Kier molecular flexibility index (Phi) is 4.30.